The third-order valence-corrected chi connectivity index (χ3v) is 2.81. The first-order chi connectivity index (χ1) is 10.5. The van der Waals surface area contributed by atoms with Gasteiger partial charge in [0.25, 0.3) is 5.69 Å². The third-order valence-electron chi connectivity index (χ3n) is 2.81. The molecule has 0 aliphatic carbocycles. The van der Waals surface area contributed by atoms with Crippen LogP contribution in [0, 0.1) is 10.1 Å². The van der Waals surface area contributed by atoms with Crippen molar-refractivity contribution in [3.8, 4) is 0 Å². The molecule has 2 amide bonds. The Kier molecular flexibility index (Phi) is 7.38. The van der Waals surface area contributed by atoms with Crippen LogP contribution >= 0.6 is 0 Å². The number of non-ortho nitro benzene ring substituents is 1. The largest absolute Gasteiger partial charge is 0.385 e. The van der Waals surface area contributed by atoms with E-state index in [1.165, 1.54) is 12.1 Å². The number of rotatable bonds is 9. The number of amides is 2. The van der Waals surface area contributed by atoms with Gasteiger partial charge >= 0.3 is 0 Å². The Labute approximate surface area is 128 Å². The van der Waals surface area contributed by atoms with Crippen LogP contribution in [0.4, 0.5) is 11.4 Å². The zero-order chi connectivity index (χ0) is 16.4. The summed E-state index contributed by atoms with van der Waals surface area (Å²) >= 11 is 0. The van der Waals surface area contributed by atoms with E-state index < -0.39 is 4.92 Å². The van der Waals surface area contributed by atoms with Gasteiger partial charge in [-0.1, -0.05) is 0 Å². The predicted molar refractivity (Wildman–Crippen MR) is 82.5 cm³/mol. The Morgan fingerprint density at radius 1 is 1.14 bits per heavy atom. The molecule has 0 aliphatic heterocycles. The maximum Gasteiger partial charge on any atom is 0.269 e. The van der Waals surface area contributed by atoms with Gasteiger partial charge in [-0.2, -0.15) is 0 Å². The van der Waals surface area contributed by atoms with Crippen LogP contribution in [0.5, 0.6) is 0 Å². The van der Waals surface area contributed by atoms with Crippen LogP contribution < -0.4 is 16.0 Å². The van der Waals surface area contributed by atoms with Crippen LogP contribution in [-0.4, -0.2) is 36.4 Å². The van der Waals surface area contributed by atoms with Crippen molar-refractivity contribution in [2.24, 2.45) is 0 Å². The molecule has 0 aromatic heterocycles. The average molecular weight is 308 g/mol. The third kappa shape index (κ3) is 6.69. The fraction of sp³-hybridized carbons (Fsp3) is 0.429. The lowest BCUT2D eigenvalue weighted by molar-refractivity contribution is -0.384. The molecular weight excluding hydrogens is 288 g/mol. The topological polar surface area (TPSA) is 113 Å². The lowest BCUT2D eigenvalue weighted by Gasteiger charge is -2.07. The summed E-state index contributed by atoms with van der Waals surface area (Å²) in [6, 6.07) is 6.07. The Balaban J connectivity index is 2.18. The van der Waals surface area contributed by atoms with Crippen LogP contribution in [0.2, 0.25) is 0 Å². The van der Waals surface area contributed by atoms with E-state index in [-0.39, 0.29) is 24.0 Å². The molecule has 1 aromatic rings. The van der Waals surface area contributed by atoms with E-state index in [2.05, 4.69) is 16.0 Å². The van der Waals surface area contributed by atoms with Crippen molar-refractivity contribution in [3.63, 3.8) is 0 Å². The van der Waals surface area contributed by atoms with Crippen molar-refractivity contribution in [2.75, 3.05) is 25.0 Å². The first-order valence-electron chi connectivity index (χ1n) is 7.04. The van der Waals surface area contributed by atoms with Gasteiger partial charge in [-0.05, 0) is 25.5 Å². The summed E-state index contributed by atoms with van der Waals surface area (Å²) in [6.45, 7) is 2.90. The molecule has 0 aliphatic rings. The number of nitro benzene ring substituents is 1. The van der Waals surface area contributed by atoms with Crippen molar-refractivity contribution in [1.82, 2.24) is 10.6 Å². The number of nitro groups is 1. The number of anilines is 1. The summed E-state index contributed by atoms with van der Waals surface area (Å²) in [5.74, 6) is -0.392. The van der Waals surface area contributed by atoms with Crippen LogP contribution in [-0.2, 0) is 9.59 Å². The molecule has 0 heterocycles. The molecule has 0 saturated heterocycles. The maximum absolute atomic E-state index is 11.5. The van der Waals surface area contributed by atoms with Gasteiger partial charge in [0.2, 0.25) is 11.8 Å². The summed E-state index contributed by atoms with van der Waals surface area (Å²) in [5, 5.41) is 18.7. The predicted octanol–water partition coefficient (Wildman–Crippen LogP) is 1.04. The van der Waals surface area contributed by atoms with E-state index in [1.54, 1.807) is 12.1 Å². The highest BCUT2D eigenvalue weighted by Crippen LogP contribution is 2.15. The van der Waals surface area contributed by atoms with Crippen molar-refractivity contribution < 1.29 is 14.5 Å². The summed E-state index contributed by atoms with van der Waals surface area (Å²) in [6.07, 6.45) is 0.900. The van der Waals surface area contributed by atoms with Crippen LogP contribution in [0.3, 0.4) is 0 Å². The smallest absolute Gasteiger partial charge is 0.269 e. The highest BCUT2D eigenvalue weighted by molar-refractivity contribution is 5.84. The fourth-order valence-corrected chi connectivity index (χ4v) is 1.71. The van der Waals surface area contributed by atoms with Gasteiger partial charge in [0, 0.05) is 37.3 Å². The fourth-order valence-electron chi connectivity index (χ4n) is 1.71. The molecule has 8 heteroatoms. The molecule has 1 rings (SSSR count). The molecule has 0 fully saturated rings. The summed E-state index contributed by atoms with van der Waals surface area (Å²) in [7, 11) is 0. The molecule has 22 heavy (non-hydrogen) atoms. The number of hydrogen-bond donors (Lipinski definition) is 3. The van der Waals surface area contributed by atoms with Gasteiger partial charge in [0.05, 0.1) is 11.5 Å². The van der Waals surface area contributed by atoms with Gasteiger partial charge < -0.3 is 16.0 Å². The van der Waals surface area contributed by atoms with Crippen LogP contribution in [0.1, 0.15) is 19.8 Å². The van der Waals surface area contributed by atoms with Crippen molar-refractivity contribution >= 4 is 23.2 Å². The van der Waals surface area contributed by atoms with Gasteiger partial charge in [-0.15, -0.1) is 0 Å². The lowest BCUT2D eigenvalue weighted by atomic mass is 10.2. The van der Waals surface area contributed by atoms with E-state index in [4.69, 9.17) is 0 Å². The van der Waals surface area contributed by atoms with Crippen molar-refractivity contribution in [1.29, 1.82) is 0 Å². The van der Waals surface area contributed by atoms with E-state index in [1.807, 2.05) is 6.92 Å². The molecule has 0 spiro atoms. The summed E-state index contributed by atoms with van der Waals surface area (Å²) in [4.78, 5) is 32.7. The lowest BCUT2D eigenvalue weighted by Crippen LogP contribution is -2.36. The number of benzene rings is 1. The monoisotopic (exact) mass is 308 g/mol. The Hall–Kier alpha value is -2.64. The second-order valence-corrected chi connectivity index (χ2v) is 4.56. The Morgan fingerprint density at radius 2 is 1.82 bits per heavy atom. The summed E-state index contributed by atoms with van der Waals surface area (Å²) < 4.78 is 0. The Morgan fingerprint density at radius 3 is 2.41 bits per heavy atom. The molecule has 0 bridgehead atoms. The quantitative estimate of drug-likeness (QED) is 0.358. The zero-order valence-electron chi connectivity index (χ0n) is 12.4. The molecule has 1 aromatic carbocycles. The van der Waals surface area contributed by atoms with Crippen LogP contribution in [0.15, 0.2) is 24.3 Å². The van der Waals surface area contributed by atoms with Gasteiger partial charge in [-0.3, -0.25) is 19.7 Å². The Bertz CT molecular complexity index is 516. The number of carbonyl (C=O) groups is 2. The average Bonchev–Trinajstić information content (AvgIpc) is 2.50. The van der Waals surface area contributed by atoms with E-state index in [0.29, 0.717) is 25.9 Å². The van der Waals surface area contributed by atoms with Crippen molar-refractivity contribution in [3.05, 3.63) is 34.4 Å². The molecule has 0 radical (unpaired) electrons. The van der Waals surface area contributed by atoms with Gasteiger partial charge in [0.15, 0.2) is 0 Å². The van der Waals surface area contributed by atoms with Gasteiger partial charge in [0.1, 0.15) is 0 Å². The number of likely N-dealkylation sites (N-methyl/N-ethyl adjacent to an activating group) is 1. The summed E-state index contributed by atoms with van der Waals surface area (Å²) in [5.41, 5.74) is 0.795. The van der Waals surface area contributed by atoms with E-state index in [0.717, 1.165) is 5.69 Å². The van der Waals surface area contributed by atoms with E-state index >= 15 is 0 Å². The second-order valence-electron chi connectivity index (χ2n) is 4.56. The highest BCUT2D eigenvalue weighted by Gasteiger charge is 2.05. The first kappa shape index (κ1) is 17.4. The molecular formula is C14H20N4O4. The number of carbonyl (C=O) groups excluding carboxylic acids is 2. The normalized spacial score (nSPS) is 9.86. The molecule has 0 atom stereocenters. The molecule has 120 valence electrons. The standard InChI is InChI=1S/C14H20N4O4/c1-2-15-14(20)10-17-13(19)4-3-9-16-11-5-7-12(8-6-11)18(21)22/h5-8,16H,2-4,9-10H2,1H3,(H,15,20)(H,17,19). The minimum Gasteiger partial charge on any atom is -0.385 e. The molecule has 0 saturated carbocycles. The van der Waals surface area contributed by atoms with Crippen LogP contribution in [0.25, 0.3) is 0 Å². The first-order valence-corrected chi connectivity index (χ1v) is 7.04. The highest BCUT2D eigenvalue weighted by atomic mass is 16.6. The van der Waals surface area contributed by atoms with Crippen molar-refractivity contribution in [2.45, 2.75) is 19.8 Å². The van der Waals surface area contributed by atoms with Gasteiger partial charge in [-0.25, -0.2) is 0 Å². The maximum atomic E-state index is 11.5. The zero-order valence-corrected chi connectivity index (χ0v) is 12.4. The number of hydrogen-bond acceptors (Lipinski definition) is 5. The molecule has 3 N–H and O–H groups in total. The van der Waals surface area contributed by atoms with E-state index in [9.17, 15) is 19.7 Å². The minimum atomic E-state index is -0.456. The molecule has 0 unspecified atom stereocenters. The number of nitrogens with zero attached hydrogens (tertiary/aromatic N) is 1. The molecule has 8 nitrogen and oxygen atoms in total. The second kappa shape index (κ2) is 9.32. The number of nitrogens with one attached hydrogen (secondary N) is 3. The minimum absolute atomic E-state index is 0.0115. The SMILES string of the molecule is CCNC(=O)CNC(=O)CCCNc1ccc([N+](=O)[O-])cc1.